The van der Waals surface area contributed by atoms with E-state index in [4.69, 9.17) is 14.6 Å². The maximum absolute atomic E-state index is 10.5. The lowest BCUT2D eigenvalue weighted by molar-refractivity contribution is -0.140. The molecule has 0 aliphatic rings. The van der Waals surface area contributed by atoms with Gasteiger partial charge in [-0.15, -0.1) is 0 Å². The number of carbonyl (C=O) groups is 1. The van der Waals surface area contributed by atoms with E-state index in [-0.39, 0.29) is 0 Å². The third-order valence-electron chi connectivity index (χ3n) is 2.24. The van der Waals surface area contributed by atoms with Crippen molar-refractivity contribution in [2.75, 3.05) is 13.2 Å². The Morgan fingerprint density at radius 3 is 2.56 bits per heavy atom. The lowest BCUT2D eigenvalue weighted by Crippen LogP contribution is -2.08. The topological polar surface area (TPSA) is 55.8 Å². The van der Waals surface area contributed by atoms with Gasteiger partial charge in [0.1, 0.15) is 0 Å². The minimum absolute atomic E-state index is 0.404. The van der Waals surface area contributed by atoms with Crippen molar-refractivity contribution in [1.29, 1.82) is 0 Å². The van der Waals surface area contributed by atoms with Crippen LogP contribution in [0.5, 0.6) is 0 Å². The normalized spacial score (nSPS) is 11.3. The monoisotopic (exact) mass is 250 g/mol. The molecule has 0 amide bonds. The zero-order valence-corrected chi connectivity index (χ0v) is 10.6. The van der Waals surface area contributed by atoms with Crippen LogP contribution in [0.2, 0.25) is 0 Å². The van der Waals surface area contributed by atoms with Gasteiger partial charge in [-0.3, -0.25) is 0 Å². The number of benzene rings is 1. The van der Waals surface area contributed by atoms with Crippen molar-refractivity contribution >= 4 is 12.0 Å². The van der Waals surface area contributed by atoms with Gasteiger partial charge in [-0.05, 0) is 31.6 Å². The van der Waals surface area contributed by atoms with Crippen LogP contribution >= 0.6 is 0 Å². The summed E-state index contributed by atoms with van der Waals surface area (Å²) < 4.78 is 11.0. The Hall–Kier alpha value is -1.65. The standard InChI is InChI=1S/C14H18O4/c1-3-17-14(18-4-2)12-7-5-6-11(10-12)8-9-13(15)16/h5-10,14H,3-4H2,1-2H3,(H,15,16)/b9-8+. The van der Waals surface area contributed by atoms with E-state index in [2.05, 4.69) is 0 Å². The molecule has 0 radical (unpaired) electrons. The highest BCUT2D eigenvalue weighted by Crippen LogP contribution is 2.20. The molecule has 0 bridgehead atoms. The molecule has 0 saturated heterocycles. The Morgan fingerprint density at radius 2 is 2.00 bits per heavy atom. The van der Waals surface area contributed by atoms with E-state index < -0.39 is 12.3 Å². The summed E-state index contributed by atoms with van der Waals surface area (Å²) >= 11 is 0. The fourth-order valence-corrected chi connectivity index (χ4v) is 1.52. The first-order valence-electron chi connectivity index (χ1n) is 5.91. The summed E-state index contributed by atoms with van der Waals surface area (Å²) in [4.78, 5) is 10.5. The smallest absolute Gasteiger partial charge is 0.328 e. The summed E-state index contributed by atoms with van der Waals surface area (Å²) in [7, 11) is 0. The summed E-state index contributed by atoms with van der Waals surface area (Å²) in [6, 6.07) is 7.43. The van der Waals surface area contributed by atoms with Gasteiger partial charge >= 0.3 is 5.97 Å². The van der Waals surface area contributed by atoms with Crippen LogP contribution in [0.25, 0.3) is 6.08 Å². The van der Waals surface area contributed by atoms with Gasteiger partial charge in [0.2, 0.25) is 0 Å². The van der Waals surface area contributed by atoms with Gasteiger partial charge in [-0.2, -0.15) is 0 Å². The van der Waals surface area contributed by atoms with Crippen molar-refractivity contribution < 1.29 is 19.4 Å². The summed E-state index contributed by atoms with van der Waals surface area (Å²) in [6.07, 6.45) is 2.24. The minimum atomic E-state index is -0.966. The lowest BCUT2D eigenvalue weighted by Gasteiger charge is -2.17. The molecule has 18 heavy (non-hydrogen) atoms. The zero-order chi connectivity index (χ0) is 13.4. The van der Waals surface area contributed by atoms with Gasteiger partial charge in [0.25, 0.3) is 0 Å². The van der Waals surface area contributed by atoms with Crippen molar-refractivity contribution in [3.05, 3.63) is 41.5 Å². The average Bonchev–Trinajstić information content (AvgIpc) is 2.36. The first-order chi connectivity index (χ1) is 8.67. The van der Waals surface area contributed by atoms with Gasteiger partial charge in [-0.25, -0.2) is 4.79 Å². The number of carboxylic acid groups (broad SMARTS) is 1. The number of hydrogen-bond acceptors (Lipinski definition) is 3. The molecule has 0 atom stereocenters. The highest BCUT2D eigenvalue weighted by atomic mass is 16.7. The van der Waals surface area contributed by atoms with Crippen LogP contribution in [0.15, 0.2) is 30.3 Å². The second kappa shape index (κ2) is 7.63. The van der Waals surface area contributed by atoms with Crippen LogP contribution in [0.1, 0.15) is 31.3 Å². The first-order valence-corrected chi connectivity index (χ1v) is 5.91. The number of ether oxygens (including phenoxy) is 2. The predicted molar refractivity (Wildman–Crippen MR) is 69.1 cm³/mol. The highest BCUT2D eigenvalue weighted by Gasteiger charge is 2.10. The second-order valence-corrected chi connectivity index (χ2v) is 3.58. The second-order valence-electron chi connectivity index (χ2n) is 3.58. The van der Waals surface area contributed by atoms with Crippen molar-refractivity contribution in [3.63, 3.8) is 0 Å². The number of hydrogen-bond donors (Lipinski definition) is 1. The Kier molecular flexibility index (Phi) is 6.11. The minimum Gasteiger partial charge on any atom is -0.478 e. The van der Waals surface area contributed by atoms with Crippen LogP contribution in [0.4, 0.5) is 0 Å². The van der Waals surface area contributed by atoms with E-state index >= 15 is 0 Å². The molecular weight excluding hydrogens is 232 g/mol. The molecule has 98 valence electrons. The van der Waals surface area contributed by atoms with E-state index in [0.717, 1.165) is 17.2 Å². The lowest BCUT2D eigenvalue weighted by atomic mass is 10.1. The summed E-state index contributed by atoms with van der Waals surface area (Å²) in [6.45, 7) is 4.92. The predicted octanol–water partition coefficient (Wildman–Crippen LogP) is 2.86. The number of carboxylic acids is 1. The molecule has 0 fully saturated rings. The Labute approximate surface area is 107 Å². The summed E-state index contributed by atoms with van der Waals surface area (Å²) in [5.74, 6) is -0.966. The van der Waals surface area contributed by atoms with Gasteiger partial charge in [-0.1, -0.05) is 18.2 Å². The van der Waals surface area contributed by atoms with E-state index in [9.17, 15) is 4.79 Å². The van der Waals surface area contributed by atoms with E-state index in [1.165, 1.54) is 0 Å². The van der Waals surface area contributed by atoms with Crippen LogP contribution < -0.4 is 0 Å². The van der Waals surface area contributed by atoms with E-state index in [1.807, 2.05) is 38.1 Å². The van der Waals surface area contributed by atoms with Crippen molar-refractivity contribution in [2.24, 2.45) is 0 Å². The quantitative estimate of drug-likeness (QED) is 0.597. The molecular formula is C14H18O4. The average molecular weight is 250 g/mol. The molecule has 0 aliphatic heterocycles. The molecule has 0 unspecified atom stereocenters. The molecule has 4 nitrogen and oxygen atoms in total. The van der Waals surface area contributed by atoms with Crippen LogP contribution in [0.3, 0.4) is 0 Å². The molecule has 0 spiro atoms. The van der Waals surface area contributed by atoms with Crippen molar-refractivity contribution in [3.8, 4) is 0 Å². The van der Waals surface area contributed by atoms with Gasteiger partial charge in [0.05, 0.1) is 0 Å². The van der Waals surface area contributed by atoms with E-state index in [0.29, 0.717) is 13.2 Å². The fraction of sp³-hybridized carbons (Fsp3) is 0.357. The zero-order valence-electron chi connectivity index (χ0n) is 10.6. The molecule has 4 heteroatoms. The van der Waals surface area contributed by atoms with Crippen LogP contribution in [-0.4, -0.2) is 24.3 Å². The van der Waals surface area contributed by atoms with Crippen LogP contribution in [-0.2, 0) is 14.3 Å². The first kappa shape index (κ1) is 14.4. The van der Waals surface area contributed by atoms with Crippen molar-refractivity contribution in [1.82, 2.24) is 0 Å². The molecule has 1 N–H and O–H groups in total. The summed E-state index contributed by atoms with van der Waals surface area (Å²) in [5.41, 5.74) is 1.69. The maximum atomic E-state index is 10.5. The number of rotatable bonds is 7. The molecule has 0 aromatic heterocycles. The molecule has 0 heterocycles. The van der Waals surface area contributed by atoms with Gasteiger partial charge < -0.3 is 14.6 Å². The Balaban J connectivity index is 2.87. The molecule has 1 aromatic carbocycles. The largest absolute Gasteiger partial charge is 0.478 e. The SMILES string of the molecule is CCOC(OCC)c1cccc(/C=C/C(=O)O)c1. The summed E-state index contributed by atoms with van der Waals surface area (Å²) in [5, 5.41) is 8.59. The molecule has 1 rings (SSSR count). The molecule has 0 aliphatic carbocycles. The van der Waals surface area contributed by atoms with Crippen molar-refractivity contribution in [2.45, 2.75) is 20.1 Å². The highest BCUT2D eigenvalue weighted by molar-refractivity contribution is 5.85. The third kappa shape index (κ3) is 4.69. The fourth-order valence-electron chi connectivity index (χ4n) is 1.52. The van der Waals surface area contributed by atoms with Crippen LogP contribution in [0, 0.1) is 0 Å². The molecule has 0 saturated carbocycles. The van der Waals surface area contributed by atoms with Gasteiger partial charge in [0, 0.05) is 24.9 Å². The van der Waals surface area contributed by atoms with Gasteiger partial charge in [0.15, 0.2) is 6.29 Å². The Bertz CT molecular complexity index is 406. The van der Waals surface area contributed by atoms with E-state index in [1.54, 1.807) is 6.08 Å². The molecule has 1 aromatic rings. The third-order valence-corrected chi connectivity index (χ3v) is 2.24. The Morgan fingerprint density at radius 1 is 1.33 bits per heavy atom. The maximum Gasteiger partial charge on any atom is 0.328 e. The number of aliphatic carboxylic acids is 1.